The third-order valence-corrected chi connectivity index (χ3v) is 6.51. The molecular formula is C15H29NO3S. The van der Waals surface area contributed by atoms with Crippen molar-refractivity contribution in [1.29, 1.82) is 0 Å². The third kappa shape index (κ3) is 5.01. The number of hydrogen-bond acceptors (Lipinski definition) is 4. The van der Waals surface area contributed by atoms with Gasteiger partial charge in [-0.2, -0.15) is 0 Å². The number of hydrogen-bond donors (Lipinski definition) is 1. The molecule has 2 aliphatic rings. The molecule has 2 fully saturated rings. The van der Waals surface area contributed by atoms with Crippen molar-refractivity contribution in [3.8, 4) is 0 Å². The van der Waals surface area contributed by atoms with Crippen LogP contribution in [0.5, 0.6) is 0 Å². The normalized spacial score (nSPS) is 30.6. The monoisotopic (exact) mass is 303 g/mol. The molecule has 2 saturated heterocycles. The van der Waals surface area contributed by atoms with Crippen LogP contribution >= 0.6 is 0 Å². The largest absolute Gasteiger partial charge is 0.378 e. The van der Waals surface area contributed by atoms with E-state index >= 15 is 0 Å². The summed E-state index contributed by atoms with van der Waals surface area (Å²) in [6.07, 6.45) is 7.16. The fourth-order valence-electron chi connectivity index (χ4n) is 3.51. The first kappa shape index (κ1) is 16.2. The average molecular weight is 303 g/mol. The zero-order valence-corrected chi connectivity index (χ0v) is 13.5. The van der Waals surface area contributed by atoms with Crippen LogP contribution < -0.4 is 5.32 Å². The minimum Gasteiger partial charge on any atom is -0.378 e. The minimum absolute atomic E-state index is 0.364. The van der Waals surface area contributed by atoms with Crippen LogP contribution in [-0.2, 0) is 14.6 Å². The van der Waals surface area contributed by atoms with Crippen LogP contribution in [0.15, 0.2) is 0 Å². The Morgan fingerprint density at radius 1 is 1.35 bits per heavy atom. The van der Waals surface area contributed by atoms with Gasteiger partial charge in [0.05, 0.1) is 17.6 Å². The second-order valence-electron chi connectivity index (χ2n) is 6.30. The van der Waals surface area contributed by atoms with Gasteiger partial charge in [0, 0.05) is 6.61 Å². The predicted molar refractivity (Wildman–Crippen MR) is 81.6 cm³/mol. The van der Waals surface area contributed by atoms with Crippen LogP contribution in [0, 0.1) is 11.8 Å². The van der Waals surface area contributed by atoms with E-state index in [2.05, 4.69) is 12.2 Å². The summed E-state index contributed by atoms with van der Waals surface area (Å²) in [6, 6.07) is 0. The Kier molecular flexibility index (Phi) is 6.30. The molecule has 3 atom stereocenters. The molecule has 0 spiro atoms. The average Bonchev–Trinajstić information content (AvgIpc) is 3.03. The Morgan fingerprint density at radius 2 is 2.20 bits per heavy atom. The molecule has 0 aliphatic carbocycles. The number of ether oxygens (including phenoxy) is 1. The summed E-state index contributed by atoms with van der Waals surface area (Å²) in [7, 11) is -2.76. The first-order valence-electron chi connectivity index (χ1n) is 8.13. The Hall–Kier alpha value is -0.130. The van der Waals surface area contributed by atoms with E-state index in [1.807, 2.05) is 0 Å². The maximum Gasteiger partial charge on any atom is 0.150 e. The number of sulfone groups is 1. The van der Waals surface area contributed by atoms with Crippen LogP contribution in [0.2, 0.25) is 0 Å². The van der Waals surface area contributed by atoms with Gasteiger partial charge in [-0.3, -0.25) is 0 Å². The van der Waals surface area contributed by atoms with Crippen LogP contribution in [-0.4, -0.2) is 45.7 Å². The zero-order chi connectivity index (χ0) is 14.4. The SMILES string of the molecule is CCNCC(CCCC1CCCO1)C1CCS(=O)(=O)C1. The highest BCUT2D eigenvalue weighted by molar-refractivity contribution is 7.91. The first-order chi connectivity index (χ1) is 9.61. The van der Waals surface area contributed by atoms with Crippen molar-refractivity contribution in [3.63, 3.8) is 0 Å². The molecule has 1 N–H and O–H groups in total. The Labute approximate surface area is 123 Å². The van der Waals surface area contributed by atoms with Gasteiger partial charge in [-0.25, -0.2) is 8.42 Å². The molecule has 2 rings (SSSR count). The Morgan fingerprint density at radius 3 is 2.80 bits per heavy atom. The van der Waals surface area contributed by atoms with Gasteiger partial charge in [-0.1, -0.05) is 13.3 Å². The summed E-state index contributed by atoms with van der Waals surface area (Å²) < 4.78 is 29.0. The standard InChI is InChI=1S/C15H29NO3S/c1-2-16-11-13(14-8-10-20(17,18)12-14)5-3-6-15-7-4-9-19-15/h13-16H,2-12H2,1H3. The first-order valence-corrected chi connectivity index (χ1v) is 9.95. The maximum absolute atomic E-state index is 11.7. The molecule has 5 heteroatoms. The lowest BCUT2D eigenvalue weighted by molar-refractivity contribution is 0.0997. The van der Waals surface area contributed by atoms with Crippen molar-refractivity contribution in [2.75, 3.05) is 31.2 Å². The van der Waals surface area contributed by atoms with Crippen LogP contribution in [0.4, 0.5) is 0 Å². The number of nitrogens with one attached hydrogen (secondary N) is 1. The number of rotatable bonds is 8. The summed E-state index contributed by atoms with van der Waals surface area (Å²) in [5.74, 6) is 1.67. The van der Waals surface area contributed by atoms with Crippen molar-refractivity contribution in [1.82, 2.24) is 5.32 Å². The molecule has 0 aromatic heterocycles. The summed E-state index contributed by atoms with van der Waals surface area (Å²) in [6.45, 7) is 4.95. The molecule has 0 saturated carbocycles. The maximum atomic E-state index is 11.7. The van der Waals surface area contributed by atoms with Crippen LogP contribution in [0.3, 0.4) is 0 Å². The molecule has 118 valence electrons. The van der Waals surface area contributed by atoms with Gasteiger partial charge in [0.1, 0.15) is 0 Å². The summed E-state index contributed by atoms with van der Waals surface area (Å²) in [5.41, 5.74) is 0. The summed E-state index contributed by atoms with van der Waals surface area (Å²) >= 11 is 0. The fraction of sp³-hybridized carbons (Fsp3) is 1.00. The third-order valence-electron chi connectivity index (χ3n) is 4.72. The quantitative estimate of drug-likeness (QED) is 0.745. The van der Waals surface area contributed by atoms with Gasteiger partial charge in [0.25, 0.3) is 0 Å². The van der Waals surface area contributed by atoms with Crippen LogP contribution in [0.1, 0.15) is 45.4 Å². The van der Waals surface area contributed by atoms with E-state index in [9.17, 15) is 8.42 Å². The molecular weight excluding hydrogens is 274 g/mol. The summed E-state index contributed by atoms with van der Waals surface area (Å²) in [4.78, 5) is 0. The molecule has 2 aliphatic heterocycles. The highest BCUT2D eigenvalue weighted by Crippen LogP contribution is 2.30. The fourth-order valence-corrected chi connectivity index (χ4v) is 5.43. The second kappa shape index (κ2) is 7.76. The lowest BCUT2D eigenvalue weighted by Gasteiger charge is -2.23. The topological polar surface area (TPSA) is 55.4 Å². The van der Waals surface area contributed by atoms with E-state index in [1.165, 1.54) is 12.8 Å². The predicted octanol–water partition coefficient (Wildman–Crippen LogP) is 2.00. The molecule has 0 radical (unpaired) electrons. The van der Waals surface area contributed by atoms with Crippen LogP contribution in [0.25, 0.3) is 0 Å². The molecule has 0 aromatic rings. The van der Waals surface area contributed by atoms with Crippen molar-refractivity contribution >= 4 is 9.84 Å². The highest BCUT2D eigenvalue weighted by atomic mass is 32.2. The molecule has 0 amide bonds. The van der Waals surface area contributed by atoms with Crippen molar-refractivity contribution in [2.24, 2.45) is 11.8 Å². The molecule has 2 heterocycles. The van der Waals surface area contributed by atoms with E-state index < -0.39 is 9.84 Å². The second-order valence-corrected chi connectivity index (χ2v) is 8.53. The van der Waals surface area contributed by atoms with E-state index in [4.69, 9.17) is 4.74 Å². The van der Waals surface area contributed by atoms with Gasteiger partial charge < -0.3 is 10.1 Å². The van der Waals surface area contributed by atoms with E-state index in [0.29, 0.717) is 29.4 Å². The van der Waals surface area contributed by atoms with E-state index in [1.54, 1.807) is 0 Å². The molecule has 20 heavy (non-hydrogen) atoms. The van der Waals surface area contributed by atoms with Gasteiger partial charge in [0.2, 0.25) is 0 Å². The van der Waals surface area contributed by atoms with Gasteiger partial charge >= 0.3 is 0 Å². The minimum atomic E-state index is -2.76. The van der Waals surface area contributed by atoms with Gasteiger partial charge in [-0.05, 0) is 57.0 Å². The molecule has 3 unspecified atom stereocenters. The van der Waals surface area contributed by atoms with E-state index in [0.717, 1.165) is 45.4 Å². The lowest BCUT2D eigenvalue weighted by atomic mass is 9.87. The van der Waals surface area contributed by atoms with Gasteiger partial charge in [-0.15, -0.1) is 0 Å². The Balaban J connectivity index is 1.77. The summed E-state index contributed by atoms with van der Waals surface area (Å²) in [5, 5.41) is 3.40. The zero-order valence-electron chi connectivity index (χ0n) is 12.6. The lowest BCUT2D eigenvalue weighted by Crippen LogP contribution is -2.29. The highest BCUT2D eigenvalue weighted by Gasteiger charge is 2.33. The Bertz CT molecular complexity index is 377. The van der Waals surface area contributed by atoms with Gasteiger partial charge in [0.15, 0.2) is 9.84 Å². The smallest absolute Gasteiger partial charge is 0.150 e. The van der Waals surface area contributed by atoms with E-state index in [-0.39, 0.29) is 0 Å². The molecule has 4 nitrogen and oxygen atoms in total. The van der Waals surface area contributed by atoms with Crippen molar-refractivity contribution in [2.45, 2.75) is 51.6 Å². The molecule has 0 aromatic carbocycles. The van der Waals surface area contributed by atoms with Crippen molar-refractivity contribution in [3.05, 3.63) is 0 Å². The van der Waals surface area contributed by atoms with Crippen molar-refractivity contribution < 1.29 is 13.2 Å². The molecule has 0 bridgehead atoms.